The lowest BCUT2D eigenvalue weighted by molar-refractivity contribution is 0.0590. The summed E-state index contributed by atoms with van der Waals surface area (Å²) in [6.07, 6.45) is 1.06. The molecule has 0 spiro atoms. The fourth-order valence-corrected chi connectivity index (χ4v) is 4.76. The van der Waals surface area contributed by atoms with Crippen LogP contribution in [0.3, 0.4) is 0 Å². The number of benzene rings is 2. The van der Waals surface area contributed by atoms with Crippen LogP contribution in [0.25, 0.3) is 21.5 Å². The monoisotopic (exact) mass is 470 g/mol. The molecule has 0 atom stereocenters. The number of hydrogen-bond donors (Lipinski definition) is 1. The number of amides is 1. The number of nitrogens with one attached hydrogen (secondary N) is 1. The molecule has 1 amide bonds. The Morgan fingerprint density at radius 2 is 2.00 bits per heavy atom. The van der Waals surface area contributed by atoms with E-state index < -0.39 is 11.6 Å². The summed E-state index contributed by atoms with van der Waals surface area (Å²) in [5.41, 5.74) is 2.03. The van der Waals surface area contributed by atoms with E-state index in [1.807, 2.05) is 24.3 Å². The molecule has 2 aromatic heterocycles. The molecule has 7 nitrogen and oxygen atoms in total. The van der Waals surface area contributed by atoms with E-state index in [2.05, 4.69) is 15.2 Å². The topological polar surface area (TPSA) is 80.3 Å². The molecule has 1 fully saturated rings. The first-order valence-corrected chi connectivity index (χ1v) is 11.2. The molecule has 1 N–H and O–H groups in total. The highest BCUT2D eigenvalue weighted by molar-refractivity contribution is 7.20. The van der Waals surface area contributed by atoms with E-state index in [1.165, 1.54) is 6.07 Å². The Morgan fingerprint density at radius 3 is 2.79 bits per heavy atom. The number of nitrogens with zero attached hydrogens (tertiary/aromatic N) is 3. The molecule has 0 unspecified atom stereocenters. The van der Waals surface area contributed by atoms with Crippen LogP contribution >= 0.6 is 11.3 Å². The molecule has 170 valence electrons. The molecular weight excluding hydrogens is 450 g/mol. The fraction of sp³-hybridized carbons (Fsp3) is 0.261. The number of carbonyl (C=O) groups excluding carboxylic acids is 1. The predicted molar refractivity (Wildman–Crippen MR) is 120 cm³/mol. The second-order valence-electron chi connectivity index (χ2n) is 7.72. The van der Waals surface area contributed by atoms with Crippen molar-refractivity contribution >= 4 is 27.5 Å². The Morgan fingerprint density at radius 1 is 1.18 bits per heavy atom. The van der Waals surface area contributed by atoms with E-state index in [0.29, 0.717) is 53.0 Å². The van der Waals surface area contributed by atoms with Gasteiger partial charge in [-0.25, -0.2) is 8.78 Å². The molecule has 0 saturated carbocycles. The SMILES string of the molecule is COc1cccc(-c2cc(C(=O)N3CCC(Oc4nc5c(F)cc(F)cc5s4)CC3)[nH]n2)c1. The quantitative estimate of drug-likeness (QED) is 0.459. The first-order valence-electron chi connectivity index (χ1n) is 10.4. The number of piperidine rings is 1. The van der Waals surface area contributed by atoms with Gasteiger partial charge in [-0.05, 0) is 24.3 Å². The van der Waals surface area contributed by atoms with Crippen molar-refractivity contribution in [2.45, 2.75) is 18.9 Å². The molecule has 1 saturated heterocycles. The van der Waals surface area contributed by atoms with Gasteiger partial charge < -0.3 is 14.4 Å². The maximum absolute atomic E-state index is 13.9. The van der Waals surface area contributed by atoms with Crippen LogP contribution in [0, 0.1) is 11.6 Å². The Bertz CT molecular complexity index is 1310. The summed E-state index contributed by atoms with van der Waals surface area (Å²) in [6.45, 7) is 1.01. The van der Waals surface area contributed by atoms with Crippen molar-refractivity contribution in [2.24, 2.45) is 0 Å². The Balaban J connectivity index is 1.21. The first kappa shape index (κ1) is 21.3. The minimum atomic E-state index is -0.704. The van der Waals surface area contributed by atoms with Gasteiger partial charge in [-0.1, -0.05) is 23.5 Å². The molecule has 33 heavy (non-hydrogen) atoms. The lowest BCUT2D eigenvalue weighted by Gasteiger charge is -2.31. The number of hydrogen-bond acceptors (Lipinski definition) is 6. The van der Waals surface area contributed by atoms with Gasteiger partial charge in [0.15, 0.2) is 5.82 Å². The third kappa shape index (κ3) is 4.38. The zero-order valence-corrected chi connectivity index (χ0v) is 18.5. The van der Waals surface area contributed by atoms with E-state index in [-0.39, 0.29) is 17.5 Å². The summed E-state index contributed by atoms with van der Waals surface area (Å²) >= 11 is 1.11. The number of carbonyl (C=O) groups is 1. The van der Waals surface area contributed by atoms with Crippen LogP contribution in [0.15, 0.2) is 42.5 Å². The summed E-state index contributed by atoms with van der Waals surface area (Å²) in [4.78, 5) is 18.8. The average molecular weight is 471 g/mol. The Hall–Kier alpha value is -3.53. The van der Waals surface area contributed by atoms with Crippen molar-refractivity contribution in [1.82, 2.24) is 20.1 Å². The maximum atomic E-state index is 13.9. The molecule has 5 rings (SSSR count). The van der Waals surface area contributed by atoms with Crippen molar-refractivity contribution in [3.8, 4) is 22.2 Å². The molecule has 3 heterocycles. The summed E-state index contributed by atoms with van der Waals surface area (Å²) in [5.74, 6) is -0.765. The Kier molecular flexibility index (Phi) is 5.67. The number of fused-ring (bicyclic) bond motifs is 1. The zero-order valence-electron chi connectivity index (χ0n) is 17.7. The molecular formula is C23H20F2N4O3S. The summed E-state index contributed by atoms with van der Waals surface area (Å²) in [5, 5.41) is 7.39. The number of ether oxygens (including phenoxy) is 2. The largest absolute Gasteiger partial charge is 0.497 e. The van der Waals surface area contributed by atoms with E-state index >= 15 is 0 Å². The first-order chi connectivity index (χ1) is 16.0. The van der Waals surface area contributed by atoms with E-state index in [9.17, 15) is 13.6 Å². The minimum Gasteiger partial charge on any atom is -0.497 e. The van der Waals surface area contributed by atoms with E-state index in [1.54, 1.807) is 18.1 Å². The van der Waals surface area contributed by atoms with Crippen LogP contribution in [0.1, 0.15) is 23.3 Å². The zero-order chi connectivity index (χ0) is 22.9. The molecule has 0 bridgehead atoms. The van der Waals surface area contributed by atoms with E-state index in [4.69, 9.17) is 9.47 Å². The third-order valence-electron chi connectivity index (χ3n) is 5.56. The highest BCUT2D eigenvalue weighted by Crippen LogP contribution is 2.32. The van der Waals surface area contributed by atoms with Crippen molar-refractivity contribution in [2.75, 3.05) is 20.2 Å². The third-order valence-corrected chi connectivity index (χ3v) is 6.46. The number of halogens is 2. The van der Waals surface area contributed by atoms with Crippen LogP contribution in [-0.2, 0) is 0 Å². The summed E-state index contributed by atoms with van der Waals surface area (Å²) in [7, 11) is 1.60. The highest BCUT2D eigenvalue weighted by Gasteiger charge is 2.27. The molecule has 0 aliphatic carbocycles. The molecule has 0 radical (unpaired) electrons. The van der Waals surface area contributed by atoms with Gasteiger partial charge in [0, 0.05) is 37.6 Å². The van der Waals surface area contributed by atoms with E-state index in [0.717, 1.165) is 23.0 Å². The lowest BCUT2D eigenvalue weighted by Crippen LogP contribution is -2.41. The fourth-order valence-electron chi connectivity index (χ4n) is 3.84. The molecule has 2 aromatic carbocycles. The number of rotatable bonds is 5. The Labute approximate surface area is 192 Å². The second-order valence-corrected chi connectivity index (χ2v) is 8.72. The number of aromatic nitrogens is 3. The number of likely N-dealkylation sites (tertiary alicyclic amines) is 1. The maximum Gasteiger partial charge on any atom is 0.274 e. The van der Waals surface area contributed by atoms with Crippen LogP contribution in [0.5, 0.6) is 10.9 Å². The average Bonchev–Trinajstić information content (AvgIpc) is 3.47. The van der Waals surface area contributed by atoms with Gasteiger partial charge in [0.1, 0.15) is 28.9 Å². The van der Waals surface area contributed by atoms with Gasteiger partial charge in [-0.3, -0.25) is 9.89 Å². The van der Waals surface area contributed by atoms with Crippen molar-refractivity contribution < 1.29 is 23.0 Å². The second kappa shape index (κ2) is 8.78. The van der Waals surface area contributed by atoms with Crippen LogP contribution in [0.4, 0.5) is 8.78 Å². The smallest absolute Gasteiger partial charge is 0.274 e. The van der Waals surface area contributed by atoms with Gasteiger partial charge in [0.2, 0.25) is 0 Å². The van der Waals surface area contributed by atoms with Crippen molar-refractivity contribution in [1.29, 1.82) is 0 Å². The van der Waals surface area contributed by atoms with Crippen molar-refractivity contribution in [3.05, 3.63) is 59.8 Å². The van der Waals surface area contributed by atoms with Crippen molar-refractivity contribution in [3.63, 3.8) is 0 Å². The normalized spacial score (nSPS) is 14.6. The molecule has 10 heteroatoms. The summed E-state index contributed by atoms with van der Waals surface area (Å²) in [6, 6.07) is 11.3. The molecule has 1 aliphatic rings. The van der Waals surface area contributed by atoms with Gasteiger partial charge in [0.05, 0.1) is 17.5 Å². The predicted octanol–water partition coefficient (Wildman–Crippen LogP) is 4.66. The number of methoxy groups -OCH3 is 1. The minimum absolute atomic E-state index is 0.107. The summed E-state index contributed by atoms with van der Waals surface area (Å²) < 4.78 is 38.8. The highest BCUT2D eigenvalue weighted by atomic mass is 32.1. The molecule has 1 aliphatic heterocycles. The standard InChI is InChI=1S/C23H20F2N4O3S/c1-31-16-4-2-3-13(9-16)18-12-19(28-27-18)22(30)29-7-5-15(6-8-29)32-23-26-21-17(25)10-14(24)11-20(21)33-23/h2-4,9-12,15H,5-8H2,1H3,(H,27,28). The molecule has 4 aromatic rings. The van der Waals surface area contributed by atoms with Gasteiger partial charge >= 0.3 is 0 Å². The lowest BCUT2D eigenvalue weighted by atomic mass is 10.1. The number of aromatic amines is 1. The van der Waals surface area contributed by atoms with Gasteiger partial charge in [0.25, 0.3) is 11.1 Å². The number of H-pyrrole nitrogens is 1. The van der Waals surface area contributed by atoms with Crippen LogP contribution in [-0.4, -0.2) is 52.3 Å². The number of thiazole rings is 1. The van der Waals surface area contributed by atoms with Gasteiger partial charge in [-0.15, -0.1) is 0 Å². The van der Waals surface area contributed by atoms with Gasteiger partial charge in [-0.2, -0.15) is 10.1 Å². The van der Waals surface area contributed by atoms with Crippen LogP contribution < -0.4 is 9.47 Å². The van der Waals surface area contributed by atoms with Crippen LogP contribution in [0.2, 0.25) is 0 Å².